The van der Waals surface area contributed by atoms with Gasteiger partial charge in [-0.25, -0.2) is 4.68 Å². The molecular weight excluding hydrogens is 274 g/mol. The van der Waals surface area contributed by atoms with Crippen LogP contribution in [0.3, 0.4) is 0 Å². The molecule has 0 saturated heterocycles. The van der Waals surface area contributed by atoms with Crippen LogP contribution in [-0.2, 0) is 6.54 Å². The first-order valence-corrected chi connectivity index (χ1v) is 6.52. The number of hydrogen-bond donors (Lipinski definition) is 1. The summed E-state index contributed by atoms with van der Waals surface area (Å²) < 4.78 is 1.70. The topological polar surface area (TPSA) is 55.6 Å². The number of aromatic nitrogens is 4. The van der Waals surface area contributed by atoms with Crippen LogP contribution in [0.2, 0.25) is 5.02 Å². The largest absolute Gasteiger partial charge is 0.323 e. The Morgan fingerprint density at radius 1 is 1.05 bits per heavy atom. The van der Waals surface area contributed by atoms with Crippen molar-refractivity contribution in [2.24, 2.45) is 0 Å². The molecule has 3 aromatic rings. The molecule has 6 heteroatoms. The number of hydrogen-bond acceptors (Lipinski definition) is 4. The van der Waals surface area contributed by atoms with Crippen molar-refractivity contribution in [3.63, 3.8) is 0 Å². The molecule has 0 atom stereocenters. The molecule has 1 heterocycles. The number of nitrogens with one attached hydrogen (secondary N) is 1. The summed E-state index contributed by atoms with van der Waals surface area (Å²) >= 11 is 5.96. The summed E-state index contributed by atoms with van der Waals surface area (Å²) in [6.45, 7) is 0.608. The quantitative estimate of drug-likeness (QED) is 0.800. The third kappa shape index (κ3) is 2.95. The van der Waals surface area contributed by atoms with Crippen LogP contribution in [0, 0.1) is 0 Å². The minimum Gasteiger partial charge on any atom is -0.323 e. The molecular formula is C14H12ClN5. The van der Waals surface area contributed by atoms with Crippen LogP contribution in [0.15, 0.2) is 54.6 Å². The maximum atomic E-state index is 5.96. The van der Waals surface area contributed by atoms with Crippen LogP contribution in [0.5, 0.6) is 0 Å². The lowest BCUT2D eigenvalue weighted by atomic mass is 10.2. The fourth-order valence-corrected chi connectivity index (χ4v) is 2.04. The molecule has 100 valence electrons. The zero-order chi connectivity index (χ0) is 13.8. The van der Waals surface area contributed by atoms with Crippen LogP contribution in [0.1, 0.15) is 5.56 Å². The van der Waals surface area contributed by atoms with Crippen LogP contribution in [0.25, 0.3) is 0 Å². The van der Waals surface area contributed by atoms with Crippen LogP contribution < -0.4 is 5.32 Å². The predicted molar refractivity (Wildman–Crippen MR) is 78.1 cm³/mol. The second kappa shape index (κ2) is 5.71. The van der Waals surface area contributed by atoms with Crippen molar-refractivity contribution < 1.29 is 0 Å². The van der Waals surface area contributed by atoms with Gasteiger partial charge in [-0.1, -0.05) is 53.1 Å². The summed E-state index contributed by atoms with van der Waals surface area (Å²) in [5.74, 6) is 0.580. The standard InChI is InChI=1S/C14H12ClN5/c15-12-7-4-8-13(9-12)16-14-17-18-19-20(14)10-11-5-2-1-3-6-11/h1-9H,10H2,(H,16,17,19). The molecule has 0 amide bonds. The van der Waals surface area contributed by atoms with Gasteiger partial charge in [-0.3, -0.25) is 0 Å². The van der Waals surface area contributed by atoms with Crippen LogP contribution in [0.4, 0.5) is 11.6 Å². The number of halogens is 1. The average Bonchev–Trinajstić information content (AvgIpc) is 2.87. The van der Waals surface area contributed by atoms with Crippen molar-refractivity contribution in [1.29, 1.82) is 0 Å². The third-order valence-corrected chi connectivity index (χ3v) is 3.02. The maximum absolute atomic E-state index is 5.96. The predicted octanol–water partition coefficient (Wildman–Crippen LogP) is 3.12. The van der Waals surface area contributed by atoms with Gasteiger partial charge in [0.25, 0.3) is 0 Å². The second-order valence-corrected chi connectivity index (χ2v) is 4.72. The van der Waals surface area contributed by atoms with Gasteiger partial charge in [-0.15, -0.1) is 0 Å². The smallest absolute Gasteiger partial charge is 0.247 e. The van der Waals surface area contributed by atoms with E-state index in [1.54, 1.807) is 4.68 Å². The van der Waals surface area contributed by atoms with Gasteiger partial charge in [-0.2, -0.15) is 0 Å². The van der Waals surface area contributed by atoms with Crippen molar-refractivity contribution in [1.82, 2.24) is 20.2 Å². The van der Waals surface area contributed by atoms with E-state index in [4.69, 9.17) is 11.6 Å². The minimum atomic E-state index is 0.580. The van der Waals surface area contributed by atoms with Crippen molar-refractivity contribution in [3.05, 3.63) is 65.2 Å². The van der Waals surface area contributed by atoms with E-state index in [2.05, 4.69) is 20.8 Å². The highest BCUT2D eigenvalue weighted by atomic mass is 35.5. The van der Waals surface area contributed by atoms with Gasteiger partial charge in [0.15, 0.2) is 0 Å². The molecule has 0 saturated carbocycles. The minimum absolute atomic E-state index is 0.580. The Morgan fingerprint density at radius 2 is 1.90 bits per heavy atom. The van der Waals surface area contributed by atoms with Gasteiger partial charge in [0.05, 0.1) is 6.54 Å². The normalized spacial score (nSPS) is 10.4. The molecule has 1 N–H and O–H groups in total. The first-order chi connectivity index (χ1) is 9.81. The first kappa shape index (κ1) is 12.6. The van der Waals surface area contributed by atoms with Gasteiger partial charge < -0.3 is 5.32 Å². The summed E-state index contributed by atoms with van der Waals surface area (Å²) in [7, 11) is 0. The molecule has 0 aliphatic carbocycles. The second-order valence-electron chi connectivity index (χ2n) is 4.28. The van der Waals surface area contributed by atoms with Crippen molar-refractivity contribution in [3.8, 4) is 0 Å². The molecule has 2 aromatic carbocycles. The zero-order valence-electron chi connectivity index (χ0n) is 10.6. The molecule has 0 aliphatic heterocycles. The molecule has 0 fully saturated rings. The number of nitrogens with zero attached hydrogens (tertiary/aromatic N) is 4. The number of rotatable bonds is 4. The average molecular weight is 286 g/mol. The maximum Gasteiger partial charge on any atom is 0.247 e. The van der Waals surface area contributed by atoms with E-state index in [9.17, 15) is 0 Å². The summed E-state index contributed by atoms with van der Waals surface area (Å²) in [4.78, 5) is 0. The molecule has 0 unspecified atom stereocenters. The molecule has 0 radical (unpaired) electrons. The highest BCUT2D eigenvalue weighted by molar-refractivity contribution is 6.30. The molecule has 5 nitrogen and oxygen atoms in total. The van der Waals surface area contributed by atoms with Crippen molar-refractivity contribution in [2.75, 3.05) is 5.32 Å². The van der Waals surface area contributed by atoms with Gasteiger partial charge in [-0.05, 0) is 34.2 Å². The Kier molecular flexibility index (Phi) is 3.60. The number of tetrazole rings is 1. The lowest BCUT2D eigenvalue weighted by Crippen LogP contribution is -2.06. The van der Waals surface area contributed by atoms with E-state index >= 15 is 0 Å². The summed E-state index contributed by atoms with van der Waals surface area (Å²) in [5, 5.41) is 15.5. The number of benzene rings is 2. The van der Waals surface area contributed by atoms with Gasteiger partial charge in [0, 0.05) is 10.7 Å². The van der Waals surface area contributed by atoms with Crippen LogP contribution >= 0.6 is 11.6 Å². The van der Waals surface area contributed by atoms with E-state index in [1.807, 2.05) is 54.6 Å². The Morgan fingerprint density at radius 3 is 2.70 bits per heavy atom. The van der Waals surface area contributed by atoms with E-state index in [1.165, 1.54) is 0 Å². The summed E-state index contributed by atoms with van der Waals surface area (Å²) in [6.07, 6.45) is 0. The summed E-state index contributed by atoms with van der Waals surface area (Å²) in [6, 6.07) is 17.4. The molecule has 0 spiro atoms. The third-order valence-electron chi connectivity index (χ3n) is 2.79. The fraction of sp³-hybridized carbons (Fsp3) is 0.0714. The fourth-order valence-electron chi connectivity index (χ4n) is 1.85. The zero-order valence-corrected chi connectivity index (χ0v) is 11.3. The van der Waals surface area contributed by atoms with E-state index < -0.39 is 0 Å². The first-order valence-electron chi connectivity index (χ1n) is 6.14. The number of anilines is 2. The highest BCUT2D eigenvalue weighted by Gasteiger charge is 2.06. The Hall–Kier alpha value is -2.40. The Balaban J connectivity index is 1.80. The van der Waals surface area contributed by atoms with Gasteiger partial charge in [0.2, 0.25) is 5.95 Å². The van der Waals surface area contributed by atoms with Crippen molar-refractivity contribution >= 4 is 23.2 Å². The monoisotopic (exact) mass is 285 g/mol. The lowest BCUT2D eigenvalue weighted by molar-refractivity contribution is 0.654. The summed E-state index contributed by atoms with van der Waals surface area (Å²) in [5.41, 5.74) is 1.98. The van der Waals surface area contributed by atoms with E-state index in [0.29, 0.717) is 17.5 Å². The Labute approximate surface area is 121 Å². The SMILES string of the molecule is Clc1cccc(Nc2nnnn2Cc2ccccc2)c1. The van der Waals surface area contributed by atoms with Crippen LogP contribution in [-0.4, -0.2) is 20.2 Å². The van der Waals surface area contributed by atoms with Crippen molar-refractivity contribution in [2.45, 2.75) is 6.54 Å². The van der Waals surface area contributed by atoms with E-state index in [-0.39, 0.29) is 0 Å². The van der Waals surface area contributed by atoms with Gasteiger partial charge in [0.1, 0.15) is 0 Å². The van der Waals surface area contributed by atoms with Gasteiger partial charge >= 0.3 is 0 Å². The lowest BCUT2D eigenvalue weighted by Gasteiger charge is -2.07. The molecule has 3 rings (SSSR count). The highest BCUT2D eigenvalue weighted by Crippen LogP contribution is 2.18. The molecule has 1 aromatic heterocycles. The molecule has 0 bridgehead atoms. The molecule has 0 aliphatic rings. The Bertz CT molecular complexity index is 696. The molecule has 20 heavy (non-hydrogen) atoms. The van der Waals surface area contributed by atoms with E-state index in [0.717, 1.165) is 11.3 Å².